The van der Waals surface area contributed by atoms with E-state index in [0.29, 0.717) is 17.3 Å². The molecular formula is C13H15N3O3S. The van der Waals surface area contributed by atoms with E-state index in [2.05, 4.69) is 15.6 Å². The Kier molecular flexibility index (Phi) is 4.52. The highest BCUT2D eigenvalue weighted by molar-refractivity contribution is 7.13. The molecule has 7 heteroatoms. The molecule has 106 valence electrons. The van der Waals surface area contributed by atoms with Crippen LogP contribution in [-0.2, 0) is 4.79 Å². The number of rotatable bonds is 5. The summed E-state index contributed by atoms with van der Waals surface area (Å²) in [6.07, 6.45) is 1.55. The maximum Gasteiger partial charge on any atom is 0.271 e. The minimum absolute atomic E-state index is 0.220. The molecule has 0 aliphatic heterocycles. The number of carbonyl (C=O) groups is 2. The van der Waals surface area contributed by atoms with E-state index in [1.54, 1.807) is 30.7 Å². The van der Waals surface area contributed by atoms with Crippen LogP contribution in [0.5, 0.6) is 0 Å². The molecule has 0 aliphatic rings. The quantitative estimate of drug-likeness (QED) is 0.878. The summed E-state index contributed by atoms with van der Waals surface area (Å²) in [7, 11) is 0. The molecule has 0 radical (unpaired) electrons. The fourth-order valence-corrected chi connectivity index (χ4v) is 2.32. The normalized spacial score (nSPS) is 11.9. The Hall–Kier alpha value is -2.15. The summed E-state index contributed by atoms with van der Waals surface area (Å²) in [6, 6.07) is 2.93. The van der Waals surface area contributed by atoms with Gasteiger partial charge >= 0.3 is 0 Å². The molecule has 0 bridgehead atoms. The predicted octanol–water partition coefficient (Wildman–Crippen LogP) is 1.66. The Bertz CT molecular complexity index is 592. The first kappa shape index (κ1) is 14.3. The summed E-state index contributed by atoms with van der Waals surface area (Å²) in [5.41, 5.74) is 0.276. The van der Waals surface area contributed by atoms with Crippen molar-refractivity contribution in [2.24, 2.45) is 0 Å². The number of thiazole rings is 1. The average Bonchev–Trinajstić information content (AvgIpc) is 3.09. The molecule has 2 amide bonds. The van der Waals surface area contributed by atoms with E-state index in [-0.39, 0.29) is 17.5 Å². The minimum Gasteiger partial charge on any atom is -0.462 e. The SMILES string of the molecule is CCNC(=O)[C@H](C)NC(=O)c1csc(-c2ccco2)n1. The molecule has 0 aliphatic carbocycles. The summed E-state index contributed by atoms with van der Waals surface area (Å²) in [5, 5.41) is 7.51. The Morgan fingerprint density at radius 3 is 2.95 bits per heavy atom. The van der Waals surface area contributed by atoms with Gasteiger partial charge in [-0.3, -0.25) is 9.59 Å². The van der Waals surface area contributed by atoms with Crippen LogP contribution in [0.3, 0.4) is 0 Å². The summed E-state index contributed by atoms with van der Waals surface area (Å²) < 4.78 is 5.22. The van der Waals surface area contributed by atoms with E-state index < -0.39 is 6.04 Å². The van der Waals surface area contributed by atoms with Gasteiger partial charge in [-0.15, -0.1) is 11.3 Å². The molecule has 0 saturated carbocycles. The van der Waals surface area contributed by atoms with Gasteiger partial charge in [-0.25, -0.2) is 4.98 Å². The van der Waals surface area contributed by atoms with Gasteiger partial charge in [0.2, 0.25) is 5.91 Å². The molecule has 1 atom stereocenters. The molecule has 6 nitrogen and oxygen atoms in total. The highest BCUT2D eigenvalue weighted by atomic mass is 32.1. The van der Waals surface area contributed by atoms with Gasteiger partial charge in [0, 0.05) is 11.9 Å². The first-order valence-corrected chi connectivity index (χ1v) is 7.07. The smallest absolute Gasteiger partial charge is 0.271 e. The second-order valence-corrected chi connectivity index (χ2v) is 4.96. The van der Waals surface area contributed by atoms with Crippen LogP contribution < -0.4 is 10.6 Å². The van der Waals surface area contributed by atoms with Crippen LogP contribution in [0.25, 0.3) is 10.8 Å². The zero-order valence-corrected chi connectivity index (χ0v) is 12.0. The van der Waals surface area contributed by atoms with Gasteiger partial charge in [-0.1, -0.05) is 0 Å². The van der Waals surface area contributed by atoms with Crippen LogP contribution in [0, 0.1) is 0 Å². The Balaban J connectivity index is 2.01. The largest absolute Gasteiger partial charge is 0.462 e. The standard InChI is InChI=1S/C13H15N3O3S/c1-3-14-11(17)8(2)15-12(18)9-7-20-13(16-9)10-5-4-6-19-10/h4-8H,3H2,1-2H3,(H,14,17)(H,15,18)/t8-/m0/s1. The van der Waals surface area contributed by atoms with Crippen LogP contribution >= 0.6 is 11.3 Å². The monoisotopic (exact) mass is 293 g/mol. The van der Waals surface area contributed by atoms with Crippen molar-refractivity contribution in [3.05, 3.63) is 29.5 Å². The third-order valence-electron chi connectivity index (χ3n) is 2.56. The molecule has 2 rings (SSSR count). The van der Waals surface area contributed by atoms with Crippen molar-refractivity contribution in [1.82, 2.24) is 15.6 Å². The number of hydrogen-bond donors (Lipinski definition) is 2. The fraction of sp³-hybridized carbons (Fsp3) is 0.308. The molecule has 20 heavy (non-hydrogen) atoms. The third-order valence-corrected chi connectivity index (χ3v) is 3.42. The second kappa shape index (κ2) is 6.33. The molecule has 0 spiro atoms. The molecule has 0 aromatic carbocycles. The molecule has 0 saturated heterocycles. The lowest BCUT2D eigenvalue weighted by atomic mass is 10.3. The number of furan rings is 1. The van der Waals surface area contributed by atoms with Crippen molar-refractivity contribution in [2.45, 2.75) is 19.9 Å². The lowest BCUT2D eigenvalue weighted by Gasteiger charge is -2.12. The molecule has 2 aromatic rings. The van der Waals surface area contributed by atoms with Gasteiger partial charge in [0.05, 0.1) is 6.26 Å². The van der Waals surface area contributed by atoms with E-state index in [1.807, 2.05) is 6.92 Å². The maximum absolute atomic E-state index is 12.0. The summed E-state index contributed by atoms with van der Waals surface area (Å²) in [5.74, 6) is 0.0194. The number of hydrogen-bond acceptors (Lipinski definition) is 5. The first-order chi connectivity index (χ1) is 9.61. The topological polar surface area (TPSA) is 84.2 Å². The Labute approximate surface area is 120 Å². The molecule has 2 heterocycles. The van der Waals surface area contributed by atoms with Crippen molar-refractivity contribution in [3.63, 3.8) is 0 Å². The van der Waals surface area contributed by atoms with E-state index in [9.17, 15) is 9.59 Å². The predicted molar refractivity (Wildman–Crippen MR) is 75.4 cm³/mol. The summed E-state index contributed by atoms with van der Waals surface area (Å²) >= 11 is 1.32. The van der Waals surface area contributed by atoms with Crippen LogP contribution in [-0.4, -0.2) is 29.4 Å². The second-order valence-electron chi connectivity index (χ2n) is 4.10. The molecule has 0 fully saturated rings. The molecule has 2 aromatic heterocycles. The van der Waals surface area contributed by atoms with Gasteiger partial charge in [-0.2, -0.15) is 0 Å². The lowest BCUT2D eigenvalue weighted by molar-refractivity contribution is -0.122. The van der Waals surface area contributed by atoms with Crippen molar-refractivity contribution >= 4 is 23.2 Å². The van der Waals surface area contributed by atoms with Gasteiger partial charge < -0.3 is 15.1 Å². The molecule has 2 N–H and O–H groups in total. The van der Waals surface area contributed by atoms with E-state index in [1.165, 1.54) is 11.3 Å². The van der Waals surface area contributed by atoms with Crippen molar-refractivity contribution in [1.29, 1.82) is 0 Å². The van der Waals surface area contributed by atoms with Crippen molar-refractivity contribution < 1.29 is 14.0 Å². The fourth-order valence-electron chi connectivity index (χ4n) is 1.55. The highest BCUT2D eigenvalue weighted by Gasteiger charge is 2.18. The van der Waals surface area contributed by atoms with Crippen molar-refractivity contribution in [3.8, 4) is 10.8 Å². The van der Waals surface area contributed by atoms with Crippen LogP contribution in [0.4, 0.5) is 0 Å². The van der Waals surface area contributed by atoms with Gasteiger partial charge in [0.25, 0.3) is 5.91 Å². The summed E-state index contributed by atoms with van der Waals surface area (Å²) in [4.78, 5) is 27.7. The number of nitrogens with zero attached hydrogens (tertiary/aromatic N) is 1. The zero-order chi connectivity index (χ0) is 14.5. The van der Waals surface area contributed by atoms with E-state index >= 15 is 0 Å². The Morgan fingerprint density at radius 1 is 1.50 bits per heavy atom. The van der Waals surface area contributed by atoms with Crippen LogP contribution in [0.15, 0.2) is 28.2 Å². The number of nitrogens with one attached hydrogen (secondary N) is 2. The molecular weight excluding hydrogens is 278 g/mol. The minimum atomic E-state index is -0.601. The summed E-state index contributed by atoms with van der Waals surface area (Å²) in [6.45, 7) is 3.98. The first-order valence-electron chi connectivity index (χ1n) is 6.19. The van der Waals surface area contributed by atoms with Gasteiger partial charge in [0.1, 0.15) is 11.7 Å². The number of carbonyl (C=O) groups excluding carboxylic acids is 2. The number of amides is 2. The van der Waals surface area contributed by atoms with E-state index in [4.69, 9.17) is 4.42 Å². The highest BCUT2D eigenvalue weighted by Crippen LogP contribution is 2.23. The van der Waals surface area contributed by atoms with Crippen LogP contribution in [0.1, 0.15) is 24.3 Å². The lowest BCUT2D eigenvalue weighted by Crippen LogP contribution is -2.44. The van der Waals surface area contributed by atoms with Crippen LogP contribution in [0.2, 0.25) is 0 Å². The average molecular weight is 293 g/mol. The molecule has 0 unspecified atom stereocenters. The maximum atomic E-state index is 12.0. The Morgan fingerprint density at radius 2 is 2.30 bits per heavy atom. The van der Waals surface area contributed by atoms with Gasteiger partial charge in [-0.05, 0) is 26.0 Å². The third kappa shape index (κ3) is 3.24. The number of likely N-dealkylation sites (N-methyl/N-ethyl adjacent to an activating group) is 1. The van der Waals surface area contributed by atoms with E-state index in [0.717, 1.165) is 0 Å². The van der Waals surface area contributed by atoms with Crippen molar-refractivity contribution in [2.75, 3.05) is 6.54 Å². The number of aromatic nitrogens is 1. The zero-order valence-electron chi connectivity index (χ0n) is 11.2. The van der Waals surface area contributed by atoms with Gasteiger partial charge in [0.15, 0.2) is 10.8 Å².